The van der Waals surface area contributed by atoms with Crippen molar-refractivity contribution in [1.82, 2.24) is 19.3 Å². The zero-order valence-corrected chi connectivity index (χ0v) is 17.1. The summed E-state index contributed by atoms with van der Waals surface area (Å²) in [6.45, 7) is 0.413. The number of anilines is 1. The number of hydrogen-bond donors (Lipinski definition) is 3. The molecule has 0 unspecified atom stereocenters. The second-order valence-electron chi connectivity index (χ2n) is 7.00. The van der Waals surface area contributed by atoms with Crippen LogP contribution >= 0.6 is 12.6 Å². The number of thiol groups is 1. The molecule has 4 N–H and O–H groups in total. The van der Waals surface area contributed by atoms with Gasteiger partial charge in [-0.1, -0.05) is 35.5 Å². The Kier molecular flexibility index (Phi) is 4.97. The van der Waals surface area contributed by atoms with Crippen LogP contribution in [0.4, 0.5) is 5.82 Å². The lowest BCUT2D eigenvalue weighted by Crippen LogP contribution is -2.38. The standard InChI is InChI=1S/C18H20N6O3S2/c19-17-16(18(20)25)21-22-23(17)9-13-8-14(28)10-24(13)29(26,27)15-6-5-11-3-1-2-4-12(11)7-15/h1-7,13-14,28H,8-10,19H2,(H2,20,25)/t13-,14+/m0/s1. The molecular formula is C18H20N6O3S2. The first-order valence-electron chi connectivity index (χ1n) is 8.95. The minimum atomic E-state index is -3.76. The Morgan fingerprint density at radius 3 is 2.62 bits per heavy atom. The Labute approximate surface area is 173 Å². The van der Waals surface area contributed by atoms with E-state index in [1.165, 1.54) is 8.99 Å². The van der Waals surface area contributed by atoms with E-state index >= 15 is 0 Å². The van der Waals surface area contributed by atoms with E-state index < -0.39 is 22.0 Å². The summed E-state index contributed by atoms with van der Waals surface area (Å²) in [6.07, 6.45) is 0.515. The minimum absolute atomic E-state index is 0.0168. The molecule has 9 nitrogen and oxygen atoms in total. The zero-order chi connectivity index (χ0) is 20.8. The maximum Gasteiger partial charge on any atom is 0.273 e. The molecule has 2 atom stereocenters. The summed E-state index contributed by atoms with van der Waals surface area (Å²) < 4.78 is 29.4. The van der Waals surface area contributed by atoms with E-state index in [0.717, 1.165) is 10.8 Å². The number of aromatic nitrogens is 3. The first kappa shape index (κ1) is 19.7. The molecule has 11 heteroatoms. The van der Waals surface area contributed by atoms with Crippen molar-refractivity contribution in [2.45, 2.75) is 29.2 Å². The lowest BCUT2D eigenvalue weighted by molar-refractivity contribution is 0.0996. The number of fused-ring (bicyclic) bond motifs is 1. The summed E-state index contributed by atoms with van der Waals surface area (Å²) >= 11 is 4.49. The van der Waals surface area contributed by atoms with Crippen molar-refractivity contribution in [2.24, 2.45) is 5.73 Å². The molecule has 2 heterocycles. The quantitative estimate of drug-likeness (QED) is 0.512. The third kappa shape index (κ3) is 3.56. The number of hydrogen-bond acceptors (Lipinski definition) is 7. The van der Waals surface area contributed by atoms with Gasteiger partial charge in [-0.2, -0.15) is 16.9 Å². The summed E-state index contributed by atoms with van der Waals surface area (Å²) in [6, 6.07) is 12.2. The van der Waals surface area contributed by atoms with Crippen LogP contribution in [0.25, 0.3) is 10.8 Å². The highest BCUT2D eigenvalue weighted by Crippen LogP contribution is 2.31. The molecule has 1 aliphatic heterocycles. The number of benzene rings is 2. The molecule has 0 radical (unpaired) electrons. The Hall–Kier alpha value is -2.63. The average molecular weight is 433 g/mol. The number of nitrogen functional groups attached to an aromatic ring is 1. The van der Waals surface area contributed by atoms with Crippen LogP contribution in [0, 0.1) is 0 Å². The second-order valence-corrected chi connectivity index (χ2v) is 9.62. The number of nitrogens with zero attached hydrogens (tertiary/aromatic N) is 4. The predicted molar refractivity (Wildman–Crippen MR) is 112 cm³/mol. The summed E-state index contributed by atoms with van der Waals surface area (Å²) in [7, 11) is -3.76. The van der Waals surface area contributed by atoms with Gasteiger partial charge in [-0.05, 0) is 29.3 Å². The summed E-state index contributed by atoms with van der Waals surface area (Å²) in [5.41, 5.74) is 11.0. The van der Waals surface area contributed by atoms with Crippen LogP contribution in [0.2, 0.25) is 0 Å². The van der Waals surface area contributed by atoms with Crippen LogP contribution in [0.3, 0.4) is 0 Å². The van der Waals surface area contributed by atoms with Crippen LogP contribution in [-0.2, 0) is 16.6 Å². The molecule has 152 valence electrons. The van der Waals surface area contributed by atoms with E-state index in [4.69, 9.17) is 11.5 Å². The largest absolute Gasteiger partial charge is 0.382 e. The highest BCUT2D eigenvalue weighted by atomic mass is 32.2. The number of primary amides is 1. The van der Waals surface area contributed by atoms with Crippen molar-refractivity contribution < 1.29 is 13.2 Å². The van der Waals surface area contributed by atoms with Crippen molar-refractivity contribution in [3.05, 3.63) is 48.2 Å². The molecular weight excluding hydrogens is 412 g/mol. The van der Waals surface area contributed by atoms with Crippen molar-refractivity contribution in [3.8, 4) is 0 Å². The SMILES string of the molecule is NC(=O)c1nnn(C[C@@H]2C[C@@H](S)CN2S(=O)(=O)c2ccc3ccccc3c2)c1N. The molecule has 1 fully saturated rings. The molecule has 2 aromatic carbocycles. The Morgan fingerprint density at radius 1 is 1.21 bits per heavy atom. The molecule has 1 saturated heterocycles. The monoisotopic (exact) mass is 432 g/mol. The highest BCUT2D eigenvalue weighted by Gasteiger charge is 2.40. The second kappa shape index (κ2) is 7.32. The molecule has 4 rings (SSSR count). The number of rotatable bonds is 5. The number of sulfonamides is 1. The Bertz CT molecular complexity index is 1190. The highest BCUT2D eigenvalue weighted by molar-refractivity contribution is 7.89. The third-order valence-corrected chi connectivity index (χ3v) is 7.35. The van der Waals surface area contributed by atoms with Gasteiger partial charge in [-0.3, -0.25) is 4.79 Å². The Balaban J connectivity index is 1.66. The molecule has 3 aromatic rings. The fourth-order valence-corrected chi connectivity index (χ4v) is 5.85. The molecule has 1 aliphatic rings. The number of nitrogens with two attached hydrogens (primary N) is 2. The lowest BCUT2D eigenvalue weighted by atomic mass is 10.1. The fourth-order valence-electron chi connectivity index (χ4n) is 3.62. The zero-order valence-electron chi connectivity index (χ0n) is 15.3. The molecule has 0 saturated carbocycles. The van der Waals surface area contributed by atoms with E-state index in [-0.39, 0.29) is 34.7 Å². The van der Waals surface area contributed by atoms with Gasteiger partial charge in [-0.15, -0.1) is 5.10 Å². The molecule has 1 aromatic heterocycles. The van der Waals surface area contributed by atoms with Gasteiger partial charge in [-0.25, -0.2) is 13.1 Å². The Morgan fingerprint density at radius 2 is 1.93 bits per heavy atom. The first-order valence-corrected chi connectivity index (χ1v) is 10.9. The van der Waals surface area contributed by atoms with Crippen LogP contribution in [-0.4, -0.2) is 51.5 Å². The van der Waals surface area contributed by atoms with Gasteiger partial charge in [0.25, 0.3) is 5.91 Å². The summed E-state index contributed by atoms with van der Waals surface area (Å²) in [4.78, 5) is 11.6. The van der Waals surface area contributed by atoms with Gasteiger partial charge in [0.2, 0.25) is 10.0 Å². The van der Waals surface area contributed by atoms with Gasteiger partial charge < -0.3 is 11.5 Å². The van der Waals surface area contributed by atoms with Crippen molar-refractivity contribution in [3.63, 3.8) is 0 Å². The van der Waals surface area contributed by atoms with Gasteiger partial charge in [0.15, 0.2) is 11.5 Å². The van der Waals surface area contributed by atoms with E-state index in [9.17, 15) is 13.2 Å². The molecule has 1 amide bonds. The number of amides is 1. The van der Waals surface area contributed by atoms with E-state index in [1.54, 1.807) is 18.2 Å². The van der Waals surface area contributed by atoms with Crippen LogP contribution in [0.15, 0.2) is 47.4 Å². The predicted octanol–water partition coefficient (Wildman–Crippen LogP) is 0.874. The van der Waals surface area contributed by atoms with E-state index in [0.29, 0.717) is 6.42 Å². The van der Waals surface area contributed by atoms with Crippen molar-refractivity contribution in [2.75, 3.05) is 12.3 Å². The van der Waals surface area contributed by atoms with E-state index in [1.807, 2.05) is 24.3 Å². The van der Waals surface area contributed by atoms with Gasteiger partial charge in [0, 0.05) is 17.8 Å². The summed E-state index contributed by atoms with van der Waals surface area (Å²) in [5, 5.41) is 9.21. The van der Waals surface area contributed by atoms with Crippen LogP contribution in [0.5, 0.6) is 0 Å². The number of carbonyl (C=O) groups is 1. The van der Waals surface area contributed by atoms with Crippen molar-refractivity contribution in [1.29, 1.82) is 0 Å². The normalized spacial score (nSPS) is 20.3. The fraction of sp³-hybridized carbons (Fsp3) is 0.278. The maximum absolute atomic E-state index is 13.4. The van der Waals surface area contributed by atoms with Crippen LogP contribution in [0.1, 0.15) is 16.9 Å². The van der Waals surface area contributed by atoms with E-state index in [2.05, 4.69) is 22.9 Å². The van der Waals surface area contributed by atoms with Crippen molar-refractivity contribution >= 4 is 45.1 Å². The summed E-state index contributed by atoms with van der Waals surface area (Å²) in [5.74, 6) is -0.768. The van der Waals surface area contributed by atoms with Crippen LogP contribution < -0.4 is 11.5 Å². The number of carbonyl (C=O) groups excluding carboxylic acids is 1. The molecule has 0 aliphatic carbocycles. The molecule has 29 heavy (non-hydrogen) atoms. The smallest absolute Gasteiger partial charge is 0.273 e. The first-order chi connectivity index (χ1) is 13.8. The van der Waals surface area contributed by atoms with Gasteiger partial charge >= 0.3 is 0 Å². The lowest BCUT2D eigenvalue weighted by Gasteiger charge is -2.24. The van der Waals surface area contributed by atoms with Gasteiger partial charge in [0.05, 0.1) is 11.4 Å². The molecule has 0 bridgehead atoms. The average Bonchev–Trinajstić information content (AvgIpc) is 3.24. The minimum Gasteiger partial charge on any atom is -0.382 e. The topological polar surface area (TPSA) is 137 Å². The third-order valence-electron chi connectivity index (χ3n) is 5.06. The van der Waals surface area contributed by atoms with Gasteiger partial charge in [0.1, 0.15) is 0 Å². The molecule has 0 spiro atoms. The maximum atomic E-state index is 13.4.